The molecule has 0 aliphatic carbocycles. The Morgan fingerprint density at radius 2 is 2.00 bits per heavy atom. The van der Waals surface area contributed by atoms with Crippen LogP contribution in [0.15, 0.2) is 23.0 Å². The Morgan fingerprint density at radius 1 is 1.22 bits per heavy atom. The Morgan fingerprint density at radius 3 is 2.74 bits per heavy atom. The van der Waals surface area contributed by atoms with Crippen LogP contribution < -0.4 is 16.2 Å². The van der Waals surface area contributed by atoms with Crippen LogP contribution in [-0.4, -0.2) is 39.0 Å². The van der Waals surface area contributed by atoms with Gasteiger partial charge in [0.15, 0.2) is 0 Å². The van der Waals surface area contributed by atoms with E-state index in [1.54, 1.807) is 37.2 Å². The molecule has 1 aromatic carbocycles. The summed E-state index contributed by atoms with van der Waals surface area (Å²) >= 11 is 5.90. The van der Waals surface area contributed by atoms with Gasteiger partial charge < -0.3 is 15.6 Å². The molecule has 9 heteroatoms. The summed E-state index contributed by atoms with van der Waals surface area (Å²) in [5.41, 5.74) is 5.99. The number of hydrogen-bond donors (Lipinski definition) is 2. The summed E-state index contributed by atoms with van der Waals surface area (Å²) in [5.74, 6) is 1.44. The third kappa shape index (κ3) is 3.21. The van der Waals surface area contributed by atoms with Crippen LogP contribution in [0, 0.1) is 0 Å². The molecule has 0 aliphatic heterocycles. The lowest BCUT2D eigenvalue weighted by Crippen LogP contribution is -2.17. The molecule has 0 spiro atoms. The third-order valence-corrected chi connectivity index (χ3v) is 3.36. The number of benzene rings is 1. The number of nitrogens with two attached hydrogens (primary N) is 1. The largest absolute Gasteiger partial charge is 0.368 e. The van der Waals surface area contributed by atoms with Gasteiger partial charge in [-0.25, -0.2) is 4.98 Å². The first-order chi connectivity index (χ1) is 10.9. The lowest BCUT2D eigenvalue weighted by molar-refractivity contribution is 0.855. The summed E-state index contributed by atoms with van der Waals surface area (Å²) in [6.07, 6.45) is 0.237. The molecule has 0 fully saturated rings. The fraction of sp³-hybridized carbons (Fsp3) is 0.214. The maximum absolute atomic E-state index is 12.1. The van der Waals surface area contributed by atoms with Gasteiger partial charge in [-0.1, -0.05) is 11.6 Å². The van der Waals surface area contributed by atoms with Crippen molar-refractivity contribution in [2.24, 2.45) is 0 Å². The molecule has 8 nitrogen and oxygen atoms in total. The molecule has 2 aromatic heterocycles. The molecular weight excluding hydrogens is 318 g/mol. The van der Waals surface area contributed by atoms with Gasteiger partial charge in [-0.3, -0.25) is 4.79 Å². The molecule has 2 heterocycles. The van der Waals surface area contributed by atoms with Crippen molar-refractivity contribution >= 4 is 34.4 Å². The molecule has 3 rings (SSSR count). The van der Waals surface area contributed by atoms with Gasteiger partial charge in [-0.2, -0.15) is 15.0 Å². The topological polar surface area (TPSA) is 114 Å². The van der Waals surface area contributed by atoms with E-state index in [-0.39, 0.29) is 17.9 Å². The van der Waals surface area contributed by atoms with E-state index in [2.05, 4.69) is 24.9 Å². The smallest absolute Gasteiger partial charge is 0.258 e. The summed E-state index contributed by atoms with van der Waals surface area (Å²) in [6, 6.07) is 4.96. The lowest BCUT2D eigenvalue weighted by atomic mass is 10.2. The van der Waals surface area contributed by atoms with E-state index in [0.717, 1.165) is 0 Å². The van der Waals surface area contributed by atoms with Crippen LogP contribution in [0.1, 0.15) is 11.6 Å². The van der Waals surface area contributed by atoms with Crippen molar-refractivity contribution < 1.29 is 0 Å². The van der Waals surface area contributed by atoms with E-state index in [9.17, 15) is 4.79 Å². The molecule has 0 saturated heterocycles. The number of hydrogen-bond acceptors (Lipinski definition) is 7. The zero-order valence-electron chi connectivity index (χ0n) is 12.5. The molecule has 0 bridgehead atoms. The van der Waals surface area contributed by atoms with E-state index in [4.69, 9.17) is 17.3 Å². The van der Waals surface area contributed by atoms with Gasteiger partial charge >= 0.3 is 0 Å². The summed E-state index contributed by atoms with van der Waals surface area (Å²) in [7, 11) is 3.61. The number of nitrogens with zero attached hydrogens (tertiary/aromatic N) is 5. The van der Waals surface area contributed by atoms with Crippen molar-refractivity contribution in [3.63, 3.8) is 0 Å². The van der Waals surface area contributed by atoms with E-state index in [1.807, 2.05) is 0 Å². The Hall–Kier alpha value is -2.74. The van der Waals surface area contributed by atoms with Crippen molar-refractivity contribution in [3.8, 4) is 0 Å². The van der Waals surface area contributed by atoms with Gasteiger partial charge in [0.2, 0.25) is 11.9 Å². The van der Waals surface area contributed by atoms with E-state index >= 15 is 0 Å². The first kappa shape index (κ1) is 15.2. The number of aromatic amines is 1. The standard InChI is InChI=1S/C14H14ClN7O/c1-22(2)14-20-11(19-13(16)21-14)6-10-17-9-4-3-7(15)5-8(9)12(23)18-10/h3-5H,6H2,1-2H3,(H,17,18,23)(H2,16,19,20,21). The SMILES string of the molecule is CN(C)c1nc(N)nc(Cc2nc3ccc(Cl)cc3c(=O)[nH]2)n1. The minimum absolute atomic E-state index is 0.119. The van der Waals surface area contributed by atoms with Crippen LogP contribution in [0.25, 0.3) is 10.9 Å². The highest BCUT2D eigenvalue weighted by Crippen LogP contribution is 2.15. The van der Waals surface area contributed by atoms with Crippen molar-refractivity contribution in [2.75, 3.05) is 24.7 Å². The minimum Gasteiger partial charge on any atom is -0.368 e. The second-order valence-corrected chi connectivity index (χ2v) is 5.59. The van der Waals surface area contributed by atoms with E-state index in [1.165, 1.54) is 0 Å². The summed E-state index contributed by atoms with van der Waals surface area (Å²) in [4.78, 5) is 33.4. The second-order valence-electron chi connectivity index (χ2n) is 5.16. The van der Waals surface area contributed by atoms with Crippen LogP contribution in [0.4, 0.5) is 11.9 Å². The maximum Gasteiger partial charge on any atom is 0.258 e. The number of rotatable bonds is 3. The van der Waals surface area contributed by atoms with Crippen molar-refractivity contribution in [1.29, 1.82) is 0 Å². The highest BCUT2D eigenvalue weighted by Gasteiger charge is 2.10. The molecule has 0 radical (unpaired) electrons. The fourth-order valence-corrected chi connectivity index (χ4v) is 2.27. The predicted octanol–water partition coefficient (Wildman–Crippen LogP) is 1.00. The Kier molecular flexibility index (Phi) is 3.83. The molecule has 3 aromatic rings. The van der Waals surface area contributed by atoms with Crippen molar-refractivity contribution in [2.45, 2.75) is 6.42 Å². The molecule has 0 amide bonds. The quantitative estimate of drug-likeness (QED) is 0.735. The summed E-state index contributed by atoms with van der Waals surface area (Å²) in [6.45, 7) is 0. The average molecular weight is 332 g/mol. The third-order valence-electron chi connectivity index (χ3n) is 3.13. The molecule has 0 aliphatic rings. The van der Waals surface area contributed by atoms with Gasteiger partial charge in [-0.15, -0.1) is 0 Å². The molecular formula is C14H14ClN7O. The number of aromatic nitrogens is 5. The summed E-state index contributed by atoms with van der Waals surface area (Å²) in [5, 5.41) is 0.920. The van der Waals surface area contributed by atoms with Crippen molar-refractivity contribution in [3.05, 3.63) is 45.2 Å². The molecule has 23 heavy (non-hydrogen) atoms. The Bertz CT molecular complexity index is 938. The van der Waals surface area contributed by atoms with Crippen LogP contribution in [-0.2, 0) is 6.42 Å². The number of H-pyrrole nitrogens is 1. The molecule has 118 valence electrons. The normalized spacial score (nSPS) is 10.9. The molecule has 0 unspecified atom stereocenters. The first-order valence-electron chi connectivity index (χ1n) is 6.78. The van der Waals surface area contributed by atoms with Gasteiger partial charge in [0.25, 0.3) is 5.56 Å². The average Bonchev–Trinajstić information content (AvgIpc) is 2.47. The van der Waals surface area contributed by atoms with Gasteiger partial charge in [0.05, 0.1) is 17.3 Å². The highest BCUT2D eigenvalue weighted by molar-refractivity contribution is 6.31. The number of nitrogen functional groups attached to an aromatic ring is 1. The van der Waals surface area contributed by atoms with Crippen LogP contribution in [0.2, 0.25) is 5.02 Å². The fourth-order valence-electron chi connectivity index (χ4n) is 2.10. The summed E-state index contributed by atoms with van der Waals surface area (Å²) < 4.78 is 0. The maximum atomic E-state index is 12.1. The number of nitrogens with one attached hydrogen (secondary N) is 1. The van der Waals surface area contributed by atoms with Crippen LogP contribution >= 0.6 is 11.6 Å². The van der Waals surface area contributed by atoms with E-state index < -0.39 is 0 Å². The minimum atomic E-state index is -0.262. The van der Waals surface area contributed by atoms with Crippen molar-refractivity contribution in [1.82, 2.24) is 24.9 Å². The molecule has 0 atom stereocenters. The Balaban J connectivity index is 2.02. The molecule has 0 saturated carbocycles. The number of halogens is 1. The predicted molar refractivity (Wildman–Crippen MR) is 88.7 cm³/mol. The Labute approximate surface area is 136 Å². The van der Waals surface area contributed by atoms with Gasteiger partial charge in [-0.05, 0) is 18.2 Å². The molecule has 3 N–H and O–H groups in total. The first-order valence-corrected chi connectivity index (χ1v) is 7.16. The van der Waals surface area contributed by atoms with E-state index in [0.29, 0.717) is 33.5 Å². The van der Waals surface area contributed by atoms with Gasteiger partial charge in [0, 0.05) is 19.1 Å². The second kappa shape index (κ2) is 5.81. The lowest BCUT2D eigenvalue weighted by Gasteiger charge is -2.11. The zero-order chi connectivity index (χ0) is 16.6. The monoisotopic (exact) mass is 331 g/mol. The van der Waals surface area contributed by atoms with Crippen LogP contribution in [0.5, 0.6) is 0 Å². The number of anilines is 2. The van der Waals surface area contributed by atoms with Gasteiger partial charge in [0.1, 0.15) is 11.6 Å². The highest BCUT2D eigenvalue weighted by atomic mass is 35.5. The zero-order valence-corrected chi connectivity index (χ0v) is 13.3. The number of fused-ring (bicyclic) bond motifs is 1. The van der Waals surface area contributed by atoms with Crippen LogP contribution in [0.3, 0.4) is 0 Å².